The summed E-state index contributed by atoms with van der Waals surface area (Å²) in [6.45, 7) is 6.61. The maximum Gasteiger partial charge on any atom is 0.254 e. The highest BCUT2D eigenvalue weighted by Crippen LogP contribution is 2.38. The second-order valence-corrected chi connectivity index (χ2v) is 9.32. The Bertz CT molecular complexity index is 1140. The zero-order chi connectivity index (χ0) is 22.7. The Balaban J connectivity index is 1.62. The van der Waals surface area contributed by atoms with E-state index in [4.69, 9.17) is 11.6 Å². The average molecular weight is 465 g/mol. The van der Waals surface area contributed by atoms with Crippen LogP contribution in [0, 0.1) is 6.92 Å². The monoisotopic (exact) mass is 464 g/mol. The predicted octanol–water partition coefficient (Wildman–Crippen LogP) is 5.51. The molecule has 1 unspecified atom stereocenters. The summed E-state index contributed by atoms with van der Waals surface area (Å²) in [7, 11) is 0. The summed E-state index contributed by atoms with van der Waals surface area (Å²) < 4.78 is 0. The van der Waals surface area contributed by atoms with E-state index >= 15 is 0 Å². The van der Waals surface area contributed by atoms with E-state index in [0.717, 1.165) is 23.1 Å². The van der Waals surface area contributed by atoms with E-state index in [0.29, 0.717) is 23.7 Å². The number of aryl methyl sites for hydroxylation is 1. The van der Waals surface area contributed by atoms with Crippen LogP contribution in [0.15, 0.2) is 72.6 Å². The normalized spacial score (nSPS) is 15.2. The predicted molar refractivity (Wildman–Crippen MR) is 130 cm³/mol. The van der Waals surface area contributed by atoms with Crippen LogP contribution in [-0.2, 0) is 11.2 Å². The second-order valence-electron chi connectivity index (χ2n) is 7.88. The van der Waals surface area contributed by atoms with Crippen LogP contribution in [0.5, 0.6) is 0 Å². The Labute approximate surface area is 197 Å². The zero-order valence-corrected chi connectivity index (χ0v) is 19.5. The lowest BCUT2D eigenvalue weighted by Crippen LogP contribution is -2.46. The summed E-state index contributed by atoms with van der Waals surface area (Å²) in [5.74, 6) is -0.238. The molecule has 0 N–H and O–H groups in total. The molecule has 6 heteroatoms. The number of amides is 2. The van der Waals surface area contributed by atoms with Crippen molar-refractivity contribution in [2.45, 2.75) is 19.4 Å². The van der Waals surface area contributed by atoms with Crippen LogP contribution < -0.4 is 0 Å². The molecule has 1 aliphatic heterocycles. The molecule has 0 saturated heterocycles. The molecule has 32 heavy (non-hydrogen) atoms. The lowest BCUT2D eigenvalue weighted by molar-refractivity contribution is -0.133. The van der Waals surface area contributed by atoms with Crippen LogP contribution in [0.3, 0.4) is 0 Å². The van der Waals surface area contributed by atoms with E-state index in [1.165, 1.54) is 4.88 Å². The number of rotatable bonds is 6. The Morgan fingerprint density at radius 3 is 2.66 bits per heavy atom. The van der Waals surface area contributed by atoms with E-state index < -0.39 is 0 Å². The van der Waals surface area contributed by atoms with Gasteiger partial charge in [-0.2, -0.15) is 0 Å². The Morgan fingerprint density at radius 2 is 1.94 bits per heavy atom. The molecule has 1 aliphatic rings. The number of carbonyl (C=O) groups excluding carboxylic acids is 2. The van der Waals surface area contributed by atoms with Gasteiger partial charge in [-0.1, -0.05) is 48.0 Å². The van der Waals surface area contributed by atoms with Gasteiger partial charge in [0.05, 0.1) is 6.04 Å². The zero-order valence-electron chi connectivity index (χ0n) is 18.0. The molecule has 4 nitrogen and oxygen atoms in total. The molecule has 2 amide bonds. The number of fused-ring (bicyclic) bond motifs is 1. The van der Waals surface area contributed by atoms with Crippen LogP contribution in [0.1, 0.15) is 38.0 Å². The van der Waals surface area contributed by atoms with Gasteiger partial charge in [-0.25, -0.2) is 0 Å². The molecule has 2 aromatic carbocycles. The minimum absolute atomic E-state index is 0.00273. The third kappa shape index (κ3) is 4.50. The van der Waals surface area contributed by atoms with Crippen LogP contribution in [0.2, 0.25) is 5.02 Å². The van der Waals surface area contributed by atoms with Gasteiger partial charge < -0.3 is 9.80 Å². The lowest BCUT2D eigenvalue weighted by atomic mass is 9.93. The van der Waals surface area contributed by atoms with Gasteiger partial charge in [0, 0.05) is 28.6 Å². The lowest BCUT2D eigenvalue weighted by Gasteiger charge is -2.37. The van der Waals surface area contributed by atoms with Gasteiger partial charge in [0.25, 0.3) is 5.91 Å². The minimum atomic E-state index is -0.186. The van der Waals surface area contributed by atoms with Crippen molar-refractivity contribution in [2.24, 2.45) is 0 Å². The van der Waals surface area contributed by atoms with Gasteiger partial charge in [0.2, 0.25) is 5.91 Å². The first-order valence-electron chi connectivity index (χ1n) is 10.6. The van der Waals surface area contributed by atoms with E-state index in [1.807, 2.05) is 54.3 Å². The number of halogens is 1. The van der Waals surface area contributed by atoms with Gasteiger partial charge >= 0.3 is 0 Å². The summed E-state index contributed by atoms with van der Waals surface area (Å²) in [6.07, 6.45) is 2.48. The Kier molecular flexibility index (Phi) is 6.77. The van der Waals surface area contributed by atoms with Crippen molar-refractivity contribution in [2.75, 3.05) is 19.6 Å². The Hall–Kier alpha value is -2.89. The van der Waals surface area contributed by atoms with Crippen molar-refractivity contribution in [3.8, 4) is 0 Å². The fourth-order valence-electron chi connectivity index (χ4n) is 4.20. The number of carbonyl (C=O) groups is 2. The maximum absolute atomic E-state index is 13.6. The van der Waals surface area contributed by atoms with Crippen LogP contribution in [-0.4, -0.2) is 41.2 Å². The number of nitrogens with zero attached hydrogens (tertiary/aromatic N) is 2. The highest BCUT2D eigenvalue weighted by Gasteiger charge is 2.34. The molecule has 0 aliphatic carbocycles. The van der Waals surface area contributed by atoms with Crippen LogP contribution >= 0.6 is 22.9 Å². The van der Waals surface area contributed by atoms with Crippen LogP contribution in [0.4, 0.5) is 0 Å². The quantitative estimate of drug-likeness (QED) is 0.451. The molecule has 0 spiro atoms. The molecule has 4 rings (SSSR count). The molecular formula is C26H25ClN2O2S. The number of thiophene rings is 1. The summed E-state index contributed by atoms with van der Waals surface area (Å²) in [5, 5.41) is 2.74. The van der Waals surface area contributed by atoms with Crippen molar-refractivity contribution in [1.29, 1.82) is 0 Å². The molecule has 0 bridgehead atoms. The molecule has 164 valence electrons. The smallest absolute Gasteiger partial charge is 0.254 e. The number of hydrogen-bond acceptors (Lipinski definition) is 3. The molecule has 0 radical (unpaired) electrons. The van der Waals surface area contributed by atoms with Crippen LogP contribution in [0.25, 0.3) is 0 Å². The van der Waals surface area contributed by atoms with E-state index in [9.17, 15) is 9.59 Å². The van der Waals surface area contributed by atoms with Gasteiger partial charge in [0.1, 0.15) is 6.54 Å². The first-order chi connectivity index (χ1) is 15.5. The second kappa shape index (κ2) is 9.72. The first kappa shape index (κ1) is 22.3. The summed E-state index contributed by atoms with van der Waals surface area (Å²) in [5.41, 5.74) is 3.66. The topological polar surface area (TPSA) is 40.6 Å². The molecule has 0 saturated carbocycles. The van der Waals surface area contributed by atoms with Crippen molar-refractivity contribution in [1.82, 2.24) is 9.80 Å². The molecule has 0 fully saturated rings. The highest BCUT2D eigenvalue weighted by atomic mass is 35.5. The van der Waals surface area contributed by atoms with E-state index in [2.05, 4.69) is 18.0 Å². The molecular weight excluding hydrogens is 440 g/mol. The largest absolute Gasteiger partial charge is 0.330 e. The molecule has 3 aromatic rings. The van der Waals surface area contributed by atoms with Gasteiger partial charge in [-0.15, -0.1) is 17.9 Å². The fraction of sp³-hybridized carbons (Fsp3) is 0.231. The molecule has 1 atom stereocenters. The minimum Gasteiger partial charge on any atom is -0.330 e. The first-order valence-corrected chi connectivity index (χ1v) is 11.8. The van der Waals surface area contributed by atoms with Crippen molar-refractivity contribution < 1.29 is 9.59 Å². The Morgan fingerprint density at radius 1 is 1.19 bits per heavy atom. The molecule has 2 heterocycles. The van der Waals surface area contributed by atoms with Crippen molar-refractivity contribution in [3.63, 3.8) is 0 Å². The standard InChI is InChI=1S/C26H25ClN2O2S/c1-3-14-28(26(31)21-7-5-4-6-18(21)2)17-24(30)29-15-12-23-22(13-16-32-23)25(29)19-8-10-20(27)11-9-19/h3-11,13,16,25H,1,12,14-15,17H2,2H3. The van der Waals surface area contributed by atoms with Crippen molar-refractivity contribution in [3.05, 3.63) is 105 Å². The average Bonchev–Trinajstić information content (AvgIpc) is 3.27. The van der Waals surface area contributed by atoms with Crippen molar-refractivity contribution >= 4 is 34.8 Å². The third-order valence-electron chi connectivity index (χ3n) is 5.81. The number of benzene rings is 2. The highest BCUT2D eigenvalue weighted by molar-refractivity contribution is 7.10. The summed E-state index contributed by atoms with van der Waals surface area (Å²) >= 11 is 7.83. The van der Waals surface area contributed by atoms with E-state index in [-0.39, 0.29) is 24.4 Å². The maximum atomic E-state index is 13.6. The molecule has 1 aromatic heterocycles. The van der Waals surface area contributed by atoms with Gasteiger partial charge in [-0.3, -0.25) is 9.59 Å². The summed E-state index contributed by atoms with van der Waals surface area (Å²) in [4.78, 5) is 31.5. The van der Waals surface area contributed by atoms with Gasteiger partial charge in [0.15, 0.2) is 0 Å². The SMILES string of the molecule is C=CCN(CC(=O)N1CCc2sccc2C1c1ccc(Cl)cc1)C(=O)c1ccccc1C. The summed E-state index contributed by atoms with van der Waals surface area (Å²) in [6, 6.07) is 17.0. The fourth-order valence-corrected chi connectivity index (χ4v) is 5.23. The number of hydrogen-bond donors (Lipinski definition) is 0. The van der Waals surface area contributed by atoms with Gasteiger partial charge in [-0.05, 0) is 59.7 Å². The van der Waals surface area contributed by atoms with E-state index in [1.54, 1.807) is 28.4 Å². The third-order valence-corrected chi connectivity index (χ3v) is 7.06.